The standard InChI is InChI=1S/C28H41F5O3/c1-18-9-12-22(35)16-21(18)11-10-20-7-5-15-26(3)23(13-14-24(20)26)19(2)6-4-8-25(27(29,30)31)28(32,33)36-17-34/h10-11,19,22-25,34-35H,1,4-9,12-17H2,2-3H3/b20-10?,21-11-/t19-,22+,23-,24?,25?,26-/m1/s1. The highest BCUT2D eigenvalue weighted by molar-refractivity contribution is 5.36. The van der Waals surface area contributed by atoms with Crippen molar-refractivity contribution in [2.75, 3.05) is 6.79 Å². The molecule has 0 saturated heterocycles. The number of fused-ring (bicyclic) bond motifs is 1. The molecule has 0 aromatic carbocycles. The molecular weight excluding hydrogens is 479 g/mol. The Kier molecular flexibility index (Phi) is 9.48. The molecule has 8 heteroatoms. The van der Waals surface area contributed by atoms with Gasteiger partial charge >= 0.3 is 12.3 Å². The van der Waals surface area contributed by atoms with Gasteiger partial charge in [0.15, 0.2) is 0 Å². The van der Waals surface area contributed by atoms with Crippen LogP contribution in [-0.2, 0) is 4.74 Å². The molecule has 3 aliphatic carbocycles. The van der Waals surface area contributed by atoms with Gasteiger partial charge in [-0.05, 0) is 86.5 Å². The number of aliphatic hydroxyl groups is 2. The number of hydrogen-bond acceptors (Lipinski definition) is 3. The van der Waals surface area contributed by atoms with Crippen molar-refractivity contribution in [3.05, 3.63) is 35.5 Å². The minimum atomic E-state index is -5.11. The third-order valence-electron chi connectivity index (χ3n) is 9.12. The van der Waals surface area contributed by atoms with E-state index in [-0.39, 0.29) is 23.9 Å². The first-order valence-electron chi connectivity index (χ1n) is 13.2. The Hall–Kier alpha value is -1.25. The first-order chi connectivity index (χ1) is 16.8. The van der Waals surface area contributed by atoms with Crippen LogP contribution in [0.3, 0.4) is 0 Å². The van der Waals surface area contributed by atoms with Gasteiger partial charge in [0.1, 0.15) is 12.7 Å². The molecule has 2 N–H and O–H groups in total. The van der Waals surface area contributed by atoms with E-state index in [1.54, 1.807) is 0 Å². The molecule has 3 saturated carbocycles. The van der Waals surface area contributed by atoms with Crippen molar-refractivity contribution in [1.82, 2.24) is 0 Å². The van der Waals surface area contributed by atoms with E-state index in [1.807, 2.05) is 6.92 Å². The average molecular weight is 521 g/mol. The Bertz CT molecular complexity index is 834. The summed E-state index contributed by atoms with van der Waals surface area (Å²) in [5.74, 6) is -2.08. The van der Waals surface area contributed by atoms with Crippen LogP contribution in [0, 0.1) is 29.1 Å². The van der Waals surface area contributed by atoms with Gasteiger partial charge in [0.25, 0.3) is 0 Å². The number of ether oxygens (including phenoxy) is 1. The molecule has 0 aliphatic heterocycles. The average Bonchev–Trinajstić information content (AvgIpc) is 3.13. The second-order valence-electron chi connectivity index (χ2n) is 11.4. The topological polar surface area (TPSA) is 49.7 Å². The lowest BCUT2D eigenvalue weighted by molar-refractivity contribution is -0.351. The minimum Gasteiger partial charge on any atom is -0.393 e. The molecule has 0 heterocycles. The molecule has 3 fully saturated rings. The van der Waals surface area contributed by atoms with Gasteiger partial charge < -0.3 is 10.2 Å². The quantitative estimate of drug-likeness (QED) is 0.242. The monoisotopic (exact) mass is 520 g/mol. The summed E-state index contributed by atoms with van der Waals surface area (Å²) in [6.07, 6.45) is 1.51. The minimum absolute atomic E-state index is 0.0200. The van der Waals surface area contributed by atoms with Crippen LogP contribution in [0.5, 0.6) is 0 Å². The summed E-state index contributed by atoms with van der Waals surface area (Å²) in [6, 6.07) is 0. The van der Waals surface area contributed by atoms with Crippen LogP contribution >= 0.6 is 0 Å². The van der Waals surface area contributed by atoms with Crippen LogP contribution in [0.2, 0.25) is 0 Å². The normalized spacial score (nSPS) is 33.7. The van der Waals surface area contributed by atoms with Gasteiger partial charge in [-0.25, -0.2) is 0 Å². The van der Waals surface area contributed by atoms with E-state index in [1.165, 1.54) is 5.57 Å². The maximum absolute atomic E-state index is 13.9. The Morgan fingerprint density at radius 3 is 2.50 bits per heavy atom. The van der Waals surface area contributed by atoms with Gasteiger partial charge in [0.2, 0.25) is 0 Å². The Morgan fingerprint density at radius 1 is 1.11 bits per heavy atom. The summed E-state index contributed by atoms with van der Waals surface area (Å²) in [7, 11) is 0. The summed E-state index contributed by atoms with van der Waals surface area (Å²) < 4.78 is 71.2. The summed E-state index contributed by atoms with van der Waals surface area (Å²) in [5.41, 5.74) is 3.63. The van der Waals surface area contributed by atoms with E-state index < -0.39 is 31.4 Å². The zero-order valence-corrected chi connectivity index (χ0v) is 21.4. The van der Waals surface area contributed by atoms with Crippen molar-refractivity contribution in [2.45, 2.75) is 103 Å². The lowest BCUT2D eigenvalue weighted by Crippen LogP contribution is -2.42. The summed E-state index contributed by atoms with van der Waals surface area (Å²) in [5, 5.41) is 18.6. The fraction of sp³-hybridized carbons (Fsp3) is 0.786. The summed E-state index contributed by atoms with van der Waals surface area (Å²) in [6.45, 7) is 7.01. The lowest BCUT2D eigenvalue weighted by Gasteiger charge is -2.44. The summed E-state index contributed by atoms with van der Waals surface area (Å²) in [4.78, 5) is 0. The smallest absolute Gasteiger partial charge is 0.393 e. The maximum Gasteiger partial charge on any atom is 0.400 e. The third-order valence-corrected chi connectivity index (χ3v) is 9.12. The second kappa shape index (κ2) is 11.6. The van der Waals surface area contributed by atoms with E-state index in [0.717, 1.165) is 56.1 Å². The summed E-state index contributed by atoms with van der Waals surface area (Å²) >= 11 is 0. The van der Waals surface area contributed by atoms with Crippen LogP contribution in [0.15, 0.2) is 35.5 Å². The Labute approximate surface area is 211 Å². The molecule has 2 unspecified atom stereocenters. The maximum atomic E-state index is 13.9. The van der Waals surface area contributed by atoms with Gasteiger partial charge in [0, 0.05) is 0 Å². The first kappa shape index (κ1) is 29.3. The molecular formula is C28H41F5O3. The van der Waals surface area contributed by atoms with Gasteiger partial charge in [0.05, 0.1) is 6.10 Å². The largest absolute Gasteiger partial charge is 0.400 e. The van der Waals surface area contributed by atoms with Crippen LogP contribution in [-0.4, -0.2) is 35.4 Å². The Morgan fingerprint density at radius 2 is 1.83 bits per heavy atom. The third kappa shape index (κ3) is 6.60. The first-order valence-corrected chi connectivity index (χ1v) is 13.2. The van der Waals surface area contributed by atoms with Crippen LogP contribution in [0.1, 0.15) is 84.5 Å². The highest BCUT2D eigenvalue weighted by Crippen LogP contribution is 2.60. The van der Waals surface area contributed by atoms with Crippen molar-refractivity contribution in [1.29, 1.82) is 0 Å². The molecule has 3 rings (SSSR count). The second-order valence-corrected chi connectivity index (χ2v) is 11.4. The number of allylic oxidation sites excluding steroid dienone is 4. The van der Waals surface area contributed by atoms with E-state index in [2.05, 4.69) is 30.4 Å². The SMILES string of the molecule is C=C1CC[C@H](O)C/C1=C/C=C1CCC[C@@]2(C)C1CC[C@@H]2[C@H](C)CCCC(C(F)(F)F)C(F)(F)OCO. The number of alkyl halides is 5. The lowest BCUT2D eigenvalue weighted by atomic mass is 9.60. The van der Waals surface area contributed by atoms with Crippen molar-refractivity contribution < 1.29 is 36.9 Å². The number of halogens is 5. The van der Waals surface area contributed by atoms with Gasteiger partial charge in [-0.3, -0.25) is 4.74 Å². The van der Waals surface area contributed by atoms with Crippen LogP contribution in [0.25, 0.3) is 0 Å². The molecule has 36 heavy (non-hydrogen) atoms. The zero-order valence-electron chi connectivity index (χ0n) is 21.4. The predicted molar refractivity (Wildman–Crippen MR) is 129 cm³/mol. The van der Waals surface area contributed by atoms with E-state index in [4.69, 9.17) is 5.11 Å². The van der Waals surface area contributed by atoms with Gasteiger partial charge in [-0.1, -0.05) is 56.6 Å². The highest BCUT2D eigenvalue weighted by Gasteiger charge is 2.56. The fourth-order valence-corrected chi connectivity index (χ4v) is 7.16. The van der Waals surface area contributed by atoms with E-state index in [9.17, 15) is 27.1 Å². The molecule has 0 amide bonds. The highest BCUT2D eigenvalue weighted by atomic mass is 19.4. The molecule has 0 radical (unpaired) electrons. The Balaban J connectivity index is 1.65. The van der Waals surface area contributed by atoms with E-state index in [0.29, 0.717) is 24.7 Å². The number of aliphatic hydroxyl groups excluding tert-OH is 2. The van der Waals surface area contributed by atoms with Crippen LogP contribution in [0.4, 0.5) is 22.0 Å². The van der Waals surface area contributed by atoms with Crippen molar-refractivity contribution in [3.8, 4) is 0 Å². The van der Waals surface area contributed by atoms with Crippen molar-refractivity contribution in [3.63, 3.8) is 0 Å². The predicted octanol–water partition coefficient (Wildman–Crippen LogP) is 7.70. The van der Waals surface area contributed by atoms with Crippen LogP contribution < -0.4 is 0 Å². The van der Waals surface area contributed by atoms with Crippen molar-refractivity contribution >= 4 is 0 Å². The van der Waals surface area contributed by atoms with E-state index >= 15 is 0 Å². The molecule has 3 nitrogen and oxygen atoms in total. The molecule has 3 aliphatic rings. The van der Waals surface area contributed by atoms with Gasteiger partial charge in [-0.15, -0.1) is 0 Å². The molecule has 0 spiro atoms. The fourth-order valence-electron chi connectivity index (χ4n) is 7.16. The number of rotatable bonds is 9. The molecule has 206 valence electrons. The zero-order chi connectivity index (χ0) is 26.7. The van der Waals surface area contributed by atoms with Crippen molar-refractivity contribution in [2.24, 2.45) is 29.1 Å². The molecule has 6 atom stereocenters. The molecule has 0 aromatic heterocycles. The molecule has 0 aromatic rings. The van der Waals surface area contributed by atoms with Gasteiger partial charge in [-0.2, -0.15) is 22.0 Å². The number of hydrogen-bond donors (Lipinski definition) is 2. The molecule has 0 bridgehead atoms.